The van der Waals surface area contributed by atoms with Crippen molar-refractivity contribution >= 4 is 33.0 Å². The molecule has 1 atom stereocenters. The number of hydrogen-bond donors (Lipinski definition) is 3. The maximum absolute atomic E-state index is 14.4. The van der Waals surface area contributed by atoms with E-state index in [0.717, 1.165) is 66.3 Å². The first-order valence-corrected chi connectivity index (χ1v) is 12.4. The van der Waals surface area contributed by atoms with E-state index >= 15 is 0 Å². The van der Waals surface area contributed by atoms with Gasteiger partial charge >= 0.3 is 6.03 Å². The van der Waals surface area contributed by atoms with Gasteiger partial charge in [-0.3, -0.25) is 0 Å². The van der Waals surface area contributed by atoms with Crippen molar-refractivity contribution in [2.45, 2.75) is 68.6 Å². The number of benzene rings is 1. The topological polar surface area (TPSA) is 105 Å². The van der Waals surface area contributed by atoms with E-state index in [1.807, 2.05) is 6.92 Å². The van der Waals surface area contributed by atoms with Gasteiger partial charge in [0, 0.05) is 10.6 Å². The number of carbonyl (C=O) groups is 1. The second-order valence-corrected chi connectivity index (χ2v) is 11.7. The van der Waals surface area contributed by atoms with Crippen LogP contribution in [0.25, 0.3) is 0 Å². The Hall–Kier alpha value is -1.81. The molecule has 6 nitrogen and oxygen atoms in total. The molecule has 0 bridgehead atoms. The van der Waals surface area contributed by atoms with Gasteiger partial charge in [0.15, 0.2) is 19.9 Å². The van der Waals surface area contributed by atoms with Gasteiger partial charge in [-0.25, -0.2) is 18.5 Å². The van der Waals surface area contributed by atoms with Gasteiger partial charge in [0.25, 0.3) is 0 Å². The van der Waals surface area contributed by atoms with Crippen molar-refractivity contribution in [3.05, 3.63) is 45.1 Å². The third-order valence-electron chi connectivity index (χ3n) is 5.69. The van der Waals surface area contributed by atoms with E-state index in [1.54, 1.807) is 0 Å². The summed E-state index contributed by atoms with van der Waals surface area (Å²) in [5.74, 6) is -0.309. The highest BCUT2D eigenvalue weighted by atomic mass is 32.2. The van der Waals surface area contributed by atoms with Gasteiger partial charge in [-0.05, 0) is 87.1 Å². The Morgan fingerprint density at radius 2 is 2.07 bits per heavy atom. The molecule has 0 spiro atoms. The Labute approximate surface area is 180 Å². The maximum atomic E-state index is 14.4. The van der Waals surface area contributed by atoms with Gasteiger partial charge in [-0.1, -0.05) is 6.07 Å². The van der Waals surface area contributed by atoms with Crippen LogP contribution in [0.3, 0.4) is 0 Å². The SMILES string of the molecule is Cc1c(C2CC2)cc2c(c1NC(=O)N=[S@@](N)(=O)c1sc(C(C)(C)O)cc1F)CCC2. The largest absolute Gasteiger partial charge is 0.385 e. The summed E-state index contributed by atoms with van der Waals surface area (Å²) in [6.45, 7) is 4.96. The van der Waals surface area contributed by atoms with Gasteiger partial charge in [0.2, 0.25) is 0 Å². The third kappa shape index (κ3) is 4.03. The molecule has 162 valence electrons. The minimum atomic E-state index is -3.80. The van der Waals surface area contributed by atoms with Crippen molar-refractivity contribution in [3.63, 3.8) is 0 Å². The van der Waals surface area contributed by atoms with Gasteiger partial charge < -0.3 is 10.4 Å². The number of aliphatic hydroxyl groups is 1. The summed E-state index contributed by atoms with van der Waals surface area (Å²) in [5, 5.41) is 18.6. The van der Waals surface area contributed by atoms with Crippen molar-refractivity contribution in [1.82, 2.24) is 0 Å². The molecule has 1 fully saturated rings. The molecule has 2 aliphatic carbocycles. The minimum absolute atomic E-state index is 0.259. The van der Waals surface area contributed by atoms with Crippen LogP contribution < -0.4 is 10.5 Å². The number of hydrogen-bond acceptors (Lipinski definition) is 4. The summed E-state index contributed by atoms with van der Waals surface area (Å²) in [6, 6.07) is 2.48. The van der Waals surface area contributed by atoms with Crippen molar-refractivity contribution in [3.8, 4) is 0 Å². The first kappa shape index (κ1) is 21.4. The molecule has 1 aromatic heterocycles. The zero-order valence-electron chi connectivity index (χ0n) is 17.3. The highest BCUT2D eigenvalue weighted by Gasteiger charge is 2.30. The van der Waals surface area contributed by atoms with Gasteiger partial charge in [-0.2, -0.15) is 0 Å². The number of fused-ring (bicyclic) bond motifs is 1. The molecule has 0 unspecified atom stereocenters. The molecule has 30 heavy (non-hydrogen) atoms. The fraction of sp³-hybridized carbons (Fsp3) is 0.476. The fourth-order valence-corrected chi connectivity index (χ4v) is 6.35. The fourth-order valence-electron chi connectivity index (χ4n) is 4.01. The van der Waals surface area contributed by atoms with Crippen molar-refractivity contribution in [2.75, 3.05) is 5.32 Å². The number of aryl methyl sites for hydroxylation is 1. The minimum Gasteiger partial charge on any atom is -0.385 e. The van der Waals surface area contributed by atoms with Crippen molar-refractivity contribution in [2.24, 2.45) is 9.50 Å². The molecule has 4 rings (SSSR count). The van der Waals surface area contributed by atoms with Crippen LogP contribution in [0.4, 0.5) is 14.9 Å². The number of nitrogens with two attached hydrogens (primary N) is 1. The predicted molar refractivity (Wildman–Crippen MR) is 117 cm³/mol. The number of thiophene rings is 1. The Balaban J connectivity index is 1.68. The second-order valence-electron chi connectivity index (χ2n) is 8.63. The lowest BCUT2D eigenvalue weighted by molar-refractivity contribution is 0.0823. The van der Waals surface area contributed by atoms with Gasteiger partial charge in [0.05, 0.1) is 5.60 Å². The maximum Gasteiger partial charge on any atom is 0.354 e. The van der Waals surface area contributed by atoms with Crippen LogP contribution in [0.1, 0.15) is 66.2 Å². The van der Waals surface area contributed by atoms with Crippen molar-refractivity contribution < 1.29 is 18.5 Å². The van der Waals surface area contributed by atoms with E-state index < -0.39 is 27.4 Å². The molecule has 1 saturated carbocycles. The molecule has 0 radical (unpaired) electrons. The number of nitrogens with one attached hydrogen (secondary N) is 1. The number of halogens is 1. The van der Waals surface area contributed by atoms with E-state index in [1.165, 1.54) is 25.0 Å². The summed E-state index contributed by atoms with van der Waals surface area (Å²) in [4.78, 5) is 12.9. The molecule has 0 aliphatic heterocycles. The standard InChI is InChI=1S/C21H26FN3O3S2/c1-11-15(12-7-8-12)9-13-5-4-6-14(13)18(11)24-20(26)25-30(23,28)19-16(22)10-17(29-19)21(2,3)27/h9-10,12,27H,4-8H2,1-3H3,(H3,23,24,25,26,28)/t30-/m1/s1. The van der Waals surface area contributed by atoms with E-state index in [9.17, 15) is 18.5 Å². The highest BCUT2D eigenvalue weighted by molar-refractivity contribution is 7.93. The summed E-state index contributed by atoms with van der Waals surface area (Å²) < 4.78 is 30.5. The average Bonchev–Trinajstić information content (AvgIpc) is 3.20. The van der Waals surface area contributed by atoms with E-state index in [0.29, 0.717) is 5.92 Å². The van der Waals surface area contributed by atoms with Crippen LogP contribution in [0.15, 0.2) is 20.7 Å². The molecule has 1 aromatic carbocycles. The molecule has 4 N–H and O–H groups in total. The second kappa shape index (κ2) is 7.40. The number of carbonyl (C=O) groups excluding carboxylic acids is 1. The molecule has 2 aliphatic rings. The summed E-state index contributed by atoms with van der Waals surface area (Å²) in [5.41, 5.74) is 4.00. The summed E-state index contributed by atoms with van der Waals surface area (Å²) in [7, 11) is -3.80. The Kier molecular flexibility index (Phi) is 5.29. The van der Waals surface area contributed by atoms with Crippen LogP contribution in [0.5, 0.6) is 0 Å². The first-order valence-electron chi connectivity index (χ1n) is 10.0. The molecule has 2 aromatic rings. The number of rotatable bonds is 4. The van der Waals surface area contributed by atoms with E-state index in [-0.39, 0.29) is 9.09 Å². The normalized spacial score (nSPS) is 18.1. The first-order chi connectivity index (χ1) is 14.0. The monoisotopic (exact) mass is 451 g/mol. The Morgan fingerprint density at radius 1 is 1.37 bits per heavy atom. The molecule has 9 heteroatoms. The number of amides is 2. The van der Waals surface area contributed by atoms with E-state index in [4.69, 9.17) is 5.14 Å². The molecule has 2 amide bonds. The Bertz CT molecular complexity index is 1150. The van der Waals surface area contributed by atoms with Crippen LogP contribution in [-0.4, -0.2) is 15.3 Å². The molecule has 1 heterocycles. The van der Waals surface area contributed by atoms with Gasteiger partial charge in [0.1, 0.15) is 0 Å². The van der Waals surface area contributed by atoms with Crippen molar-refractivity contribution in [1.29, 1.82) is 0 Å². The Morgan fingerprint density at radius 3 is 2.67 bits per heavy atom. The lowest BCUT2D eigenvalue weighted by Gasteiger charge is -2.17. The molecular weight excluding hydrogens is 425 g/mol. The highest BCUT2D eigenvalue weighted by Crippen LogP contribution is 2.46. The number of anilines is 1. The summed E-state index contributed by atoms with van der Waals surface area (Å²) >= 11 is 0.760. The predicted octanol–water partition coefficient (Wildman–Crippen LogP) is 4.72. The van der Waals surface area contributed by atoms with Crippen LogP contribution in [0, 0.1) is 12.7 Å². The smallest absolute Gasteiger partial charge is 0.354 e. The zero-order chi connectivity index (χ0) is 21.8. The summed E-state index contributed by atoms with van der Waals surface area (Å²) in [6.07, 6.45) is 5.16. The van der Waals surface area contributed by atoms with Gasteiger partial charge in [-0.15, -0.1) is 15.7 Å². The van der Waals surface area contributed by atoms with Crippen LogP contribution in [-0.2, 0) is 28.4 Å². The van der Waals surface area contributed by atoms with Crippen LogP contribution in [0.2, 0.25) is 0 Å². The zero-order valence-corrected chi connectivity index (χ0v) is 18.9. The number of urea groups is 1. The van der Waals surface area contributed by atoms with E-state index in [2.05, 4.69) is 15.7 Å². The quantitative estimate of drug-likeness (QED) is 0.626. The number of nitrogens with zero attached hydrogens (tertiary/aromatic N) is 1. The average molecular weight is 452 g/mol. The van der Waals surface area contributed by atoms with Crippen LogP contribution >= 0.6 is 11.3 Å². The lowest BCUT2D eigenvalue weighted by Crippen LogP contribution is -2.19. The molecular formula is C21H26FN3O3S2. The lowest BCUT2D eigenvalue weighted by atomic mass is 9.95. The molecule has 0 saturated heterocycles. The third-order valence-corrected chi connectivity index (χ3v) is 9.04.